The van der Waals surface area contributed by atoms with Crippen molar-refractivity contribution in [3.05, 3.63) is 116 Å². The van der Waals surface area contributed by atoms with E-state index < -0.39 is 5.92 Å². The molecule has 0 saturated heterocycles. The summed E-state index contributed by atoms with van der Waals surface area (Å²) < 4.78 is 6.14. The molecule has 1 atom stereocenters. The van der Waals surface area contributed by atoms with Crippen LogP contribution in [0.25, 0.3) is 0 Å². The Morgan fingerprint density at radius 3 is 2.44 bits per heavy atom. The molecule has 0 radical (unpaired) electrons. The molecule has 0 amide bonds. The highest BCUT2D eigenvalue weighted by molar-refractivity contribution is 6.31. The Hall–Kier alpha value is -4.01. The highest BCUT2D eigenvalue weighted by Gasteiger charge is 2.45. The van der Waals surface area contributed by atoms with Crippen LogP contribution in [-0.4, -0.2) is 5.78 Å². The van der Waals surface area contributed by atoms with Gasteiger partial charge in [-0.1, -0.05) is 61.3 Å². The molecule has 41 heavy (non-hydrogen) atoms. The SMILES string of the molecule is Cc1ccc(OCc2cc(C3C(C#N)=C(N)N(c4cccc(Cl)c4C)C4=C3C(=O)CC(C)(C)C4)c(C)cc2C)cc1. The summed E-state index contributed by atoms with van der Waals surface area (Å²) in [7, 11) is 0. The van der Waals surface area contributed by atoms with Crippen LogP contribution in [0.15, 0.2) is 77.3 Å². The van der Waals surface area contributed by atoms with Crippen LogP contribution < -0.4 is 15.4 Å². The second-order valence-electron chi connectivity index (χ2n) is 12.1. The third-order valence-electron chi connectivity index (χ3n) is 8.31. The lowest BCUT2D eigenvalue weighted by molar-refractivity contribution is -0.118. The van der Waals surface area contributed by atoms with Crippen LogP contribution in [0.1, 0.15) is 66.0 Å². The second kappa shape index (κ2) is 10.8. The molecule has 6 heteroatoms. The third-order valence-corrected chi connectivity index (χ3v) is 8.72. The summed E-state index contributed by atoms with van der Waals surface area (Å²) in [5.41, 5.74) is 15.3. The predicted molar refractivity (Wildman–Crippen MR) is 165 cm³/mol. The lowest BCUT2D eigenvalue weighted by Gasteiger charge is -2.44. The Morgan fingerprint density at radius 2 is 1.76 bits per heavy atom. The molecule has 3 aromatic carbocycles. The zero-order chi connectivity index (χ0) is 29.6. The Labute approximate surface area is 247 Å². The minimum Gasteiger partial charge on any atom is -0.489 e. The van der Waals surface area contributed by atoms with Gasteiger partial charge in [0.2, 0.25) is 0 Å². The van der Waals surface area contributed by atoms with Crippen molar-refractivity contribution in [1.29, 1.82) is 5.26 Å². The van der Waals surface area contributed by atoms with Gasteiger partial charge in [-0.05, 0) is 91.6 Å². The fraction of sp³-hybridized carbons (Fsp3) is 0.314. The largest absolute Gasteiger partial charge is 0.489 e. The summed E-state index contributed by atoms with van der Waals surface area (Å²) in [6, 6.07) is 20.2. The average Bonchev–Trinajstić information content (AvgIpc) is 2.90. The van der Waals surface area contributed by atoms with Gasteiger partial charge in [-0.3, -0.25) is 9.69 Å². The topological polar surface area (TPSA) is 79.3 Å². The normalized spacial score (nSPS) is 18.3. The van der Waals surface area contributed by atoms with E-state index in [-0.39, 0.29) is 11.2 Å². The van der Waals surface area contributed by atoms with Crippen molar-refractivity contribution < 1.29 is 9.53 Å². The molecule has 5 nitrogen and oxygen atoms in total. The summed E-state index contributed by atoms with van der Waals surface area (Å²) in [4.78, 5) is 15.9. The van der Waals surface area contributed by atoms with Crippen LogP contribution in [0.4, 0.5) is 5.69 Å². The maximum atomic E-state index is 14.0. The van der Waals surface area contributed by atoms with E-state index in [1.165, 1.54) is 5.56 Å². The first-order valence-corrected chi connectivity index (χ1v) is 14.3. The van der Waals surface area contributed by atoms with Gasteiger partial charge in [0.25, 0.3) is 0 Å². The van der Waals surface area contributed by atoms with Gasteiger partial charge in [0.15, 0.2) is 5.78 Å². The van der Waals surface area contributed by atoms with Gasteiger partial charge in [0.05, 0.1) is 23.2 Å². The summed E-state index contributed by atoms with van der Waals surface area (Å²) in [6.07, 6.45) is 1.04. The van der Waals surface area contributed by atoms with E-state index in [1.54, 1.807) is 0 Å². The van der Waals surface area contributed by atoms with Gasteiger partial charge in [0.1, 0.15) is 18.2 Å². The smallest absolute Gasteiger partial charge is 0.162 e. The Balaban J connectivity index is 1.68. The number of nitriles is 1. The fourth-order valence-corrected chi connectivity index (χ4v) is 6.28. The number of aryl methyl sites for hydroxylation is 3. The number of Topliss-reactive ketones (excluding diaryl/α,β-unsaturated/α-hetero) is 1. The van der Waals surface area contributed by atoms with Gasteiger partial charge >= 0.3 is 0 Å². The molecule has 0 saturated carbocycles. The number of rotatable bonds is 5. The Morgan fingerprint density at radius 1 is 1.05 bits per heavy atom. The first kappa shape index (κ1) is 28.5. The van der Waals surface area contributed by atoms with Crippen molar-refractivity contribution in [2.45, 2.75) is 66.9 Å². The minimum absolute atomic E-state index is 0.0450. The number of carbonyl (C=O) groups excluding carboxylic acids is 1. The number of allylic oxidation sites excluding steroid dienone is 3. The molecule has 1 aliphatic carbocycles. The molecule has 0 spiro atoms. The van der Waals surface area contributed by atoms with E-state index >= 15 is 0 Å². The number of benzene rings is 3. The number of hydrogen-bond donors (Lipinski definition) is 1. The molecule has 1 heterocycles. The molecule has 0 bridgehead atoms. The number of halogens is 1. The van der Waals surface area contributed by atoms with Crippen LogP contribution in [0.2, 0.25) is 5.02 Å². The second-order valence-corrected chi connectivity index (χ2v) is 12.5. The van der Waals surface area contributed by atoms with E-state index in [1.807, 2.05) is 68.1 Å². The van der Waals surface area contributed by atoms with E-state index in [9.17, 15) is 10.1 Å². The van der Waals surface area contributed by atoms with Crippen molar-refractivity contribution >= 4 is 23.1 Å². The van der Waals surface area contributed by atoms with E-state index in [0.29, 0.717) is 41.4 Å². The van der Waals surface area contributed by atoms with Crippen LogP contribution in [0.5, 0.6) is 5.75 Å². The maximum absolute atomic E-state index is 14.0. The van der Waals surface area contributed by atoms with Crippen LogP contribution in [-0.2, 0) is 11.4 Å². The van der Waals surface area contributed by atoms with Gasteiger partial charge in [0, 0.05) is 22.7 Å². The predicted octanol–water partition coefficient (Wildman–Crippen LogP) is 8.09. The Kier molecular flexibility index (Phi) is 7.48. The zero-order valence-electron chi connectivity index (χ0n) is 24.6. The molecule has 1 unspecified atom stereocenters. The summed E-state index contributed by atoms with van der Waals surface area (Å²) in [5, 5.41) is 11.2. The van der Waals surface area contributed by atoms with Crippen molar-refractivity contribution in [2.24, 2.45) is 11.1 Å². The summed E-state index contributed by atoms with van der Waals surface area (Å²) in [6.45, 7) is 12.6. The lowest BCUT2D eigenvalue weighted by atomic mass is 9.68. The maximum Gasteiger partial charge on any atom is 0.162 e. The molecule has 0 fully saturated rings. The van der Waals surface area contributed by atoms with E-state index in [0.717, 1.165) is 45.0 Å². The molecular weight excluding hydrogens is 530 g/mol. The number of hydrogen-bond acceptors (Lipinski definition) is 5. The van der Waals surface area contributed by atoms with E-state index in [4.69, 9.17) is 22.1 Å². The standard InChI is InChI=1S/C35H36ClN3O2/c1-20-10-12-25(13-11-20)41-19-24-15-26(22(3)14-21(24)2)32-27(18-37)34(38)39(29-9-7-8-28(36)23(29)4)30-16-35(5,6)17-31(40)33(30)32/h7-15,32H,16-17,19,38H2,1-6H3. The molecule has 2 aliphatic rings. The summed E-state index contributed by atoms with van der Waals surface area (Å²) in [5.74, 6) is 0.611. The van der Waals surface area contributed by atoms with Gasteiger partial charge in [-0.15, -0.1) is 0 Å². The number of nitrogens with two attached hydrogens (primary N) is 1. The zero-order valence-corrected chi connectivity index (χ0v) is 25.3. The van der Waals surface area contributed by atoms with Crippen LogP contribution in [0.3, 0.4) is 0 Å². The van der Waals surface area contributed by atoms with Crippen LogP contribution in [0, 0.1) is 44.4 Å². The molecule has 210 valence electrons. The van der Waals surface area contributed by atoms with Crippen LogP contribution >= 0.6 is 11.6 Å². The summed E-state index contributed by atoms with van der Waals surface area (Å²) >= 11 is 6.53. The first-order chi connectivity index (χ1) is 19.4. The molecule has 1 aliphatic heterocycles. The average molecular weight is 566 g/mol. The number of anilines is 1. The molecule has 2 N–H and O–H groups in total. The molecule has 5 rings (SSSR count). The number of carbonyl (C=O) groups is 1. The van der Waals surface area contributed by atoms with Gasteiger partial charge in [-0.2, -0.15) is 5.26 Å². The number of nitrogens with zero attached hydrogens (tertiary/aromatic N) is 2. The molecular formula is C35H36ClN3O2. The van der Waals surface area contributed by atoms with Gasteiger partial charge in [-0.25, -0.2) is 0 Å². The van der Waals surface area contributed by atoms with Crippen molar-refractivity contribution in [3.63, 3.8) is 0 Å². The van der Waals surface area contributed by atoms with Gasteiger partial charge < -0.3 is 10.5 Å². The number of ether oxygens (including phenoxy) is 1. The molecule has 0 aromatic heterocycles. The fourth-order valence-electron chi connectivity index (χ4n) is 6.11. The highest BCUT2D eigenvalue weighted by Crippen LogP contribution is 2.51. The number of ketones is 1. The highest BCUT2D eigenvalue weighted by atomic mass is 35.5. The Bertz CT molecular complexity index is 1660. The van der Waals surface area contributed by atoms with Crippen molar-refractivity contribution in [3.8, 4) is 11.8 Å². The quantitative estimate of drug-likeness (QED) is 0.338. The monoisotopic (exact) mass is 565 g/mol. The first-order valence-electron chi connectivity index (χ1n) is 13.9. The van der Waals surface area contributed by atoms with E-state index in [2.05, 4.69) is 39.0 Å². The third kappa shape index (κ3) is 5.25. The van der Waals surface area contributed by atoms with Crippen molar-refractivity contribution in [1.82, 2.24) is 0 Å². The lowest BCUT2D eigenvalue weighted by Crippen LogP contribution is -2.42. The van der Waals surface area contributed by atoms with Crippen molar-refractivity contribution in [2.75, 3.05) is 4.90 Å². The minimum atomic E-state index is -0.562. The molecule has 3 aromatic rings.